The first-order chi connectivity index (χ1) is 11.9. The number of halogens is 3. The lowest BCUT2D eigenvalue weighted by Gasteiger charge is -2.38. The van der Waals surface area contributed by atoms with Crippen LogP contribution in [-0.4, -0.2) is 42.9 Å². The highest BCUT2D eigenvalue weighted by molar-refractivity contribution is 5.70. The van der Waals surface area contributed by atoms with Gasteiger partial charge in [0.05, 0.1) is 5.92 Å². The van der Waals surface area contributed by atoms with E-state index in [9.17, 15) is 18.0 Å². The zero-order chi connectivity index (χ0) is 17.9. The molecule has 2 aliphatic carbocycles. The summed E-state index contributed by atoms with van der Waals surface area (Å²) in [7, 11) is 0. The Labute approximate surface area is 146 Å². The highest BCUT2D eigenvalue weighted by Crippen LogP contribution is 2.39. The van der Waals surface area contributed by atoms with Crippen LogP contribution in [0.1, 0.15) is 44.9 Å². The monoisotopic (exact) mass is 358 g/mol. The number of hydrogen-bond donors (Lipinski definition) is 1. The van der Waals surface area contributed by atoms with E-state index in [4.69, 9.17) is 4.74 Å². The Morgan fingerprint density at radius 2 is 2.04 bits per heavy atom. The van der Waals surface area contributed by atoms with Crippen LogP contribution >= 0.6 is 0 Å². The lowest BCUT2D eigenvalue weighted by molar-refractivity contribution is -0.186. The van der Waals surface area contributed by atoms with Crippen LogP contribution < -0.4 is 5.32 Å². The number of rotatable bonds is 1. The number of carbonyl (C=O) groups excluding carboxylic acids is 1. The number of ether oxygens (including phenoxy) is 1. The summed E-state index contributed by atoms with van der Waals surface area (Å²) in [6, 6.07) is -0.0944. The molecule has 1 aliphatic heterocycles. The average molecular weight is 358 g/mol. The van der Waals surface area contributed by atoms with Gasteiger partial charge in [0.25, 0.3) is 0 Å². The van der Waals surface area contributed by atoms with Crippen LogP contribution in [0.25, 0.3) is 0 Å². The molecule has 2 unspecified atom stereocenters. The zero-order valence-electron chi connectivity index (χ0n) is 14.3. The van der Waals surface area contributed by atoms with Crippen molar-refractivity contribution in [2.45, 2.75) is 57.2 Å². The molecule has 1 heterocycles. The topological polar surface area (TPSA) is 41.6 Å². The van der Waals surface area contributed by atoms with Crippen LogP contribution in [0.2, 0.25) is 0 Å². The fourth-order valence-corrected chi connectivity index (χ4v) is 4.04. The molecule has 0 bridgehead atoms. The summed E-state index contributed by atoms with van der Waals surface area (Å²) in [5.74, 6) is -1.21. The van der Waals surface area contributed by atoms with Crippen molar-refractivity contribution in [3.8, 4) is 0 Å². The van der Waals surface area contributed by atoms with Crippen molar-refractivity contribution in [1.82, 2.24) is 10.2 Å². The van der Waals surface area contributed by atoms with E-state index in [1.165, 1.54) is 0 Å². The molecule has 1 saturated carbocycles. The minimum Gasteiger partial charge on any atom is -0.448 e. The molecule has 3 aliphatic rings. The van der Waals surface area contributed by atoms with Gasteiger partial charge in [-0.25, -0.2) is 4.79 Å². The molecule has 140 valence electrons. The van der Waals surface area contributed by atoms with Crippen LogP contribution in [0.3, 0.4) is 0 Å². The third-order valence-electron chi connectivity index (χ3n) is 5.43. The van der Waals surface area contributed by atoms with Gasteiger partial charge < -0.3 is 4.74 Å². The maximum Gasteiger partial charge on any atom is 0.411 e. The second kappa shape index (κ2) is 7.81. The van der Waals surface area contributed by atoms with Gasteiger partial charge in [0.2, 0.25) is 0 Å². The van der Waals surface area contributed by atoms with Crippen LogP contribution in [0.5, 0.6) is 0 Å². The van der Waals surface area contributed by atoms with Gasteiger partial charge in [0.15, 0.2) is 0 Å². The molecular formula is C18H25F3N2O2. The summed E-state index contributed by atoms with van der Waals surface area (Å²) in [6.45, 7) is 1.38. The molecule has 0 spiro atoms. The number of alkyl carbamates (subject to hydrolysis) is 1. The number of amides is 1. The lowest BCUT2D eigenvalue weighted by atomic mass is 9.84. The standard InChI is InChI=1S/C18H25F3N2O2/c19-18(20,21)14-5-3-6-15(12-14)23-9-8-13-4-1-2-7-16(13)22-17(24)25-11-10-23/h1,4,14-15H,2-3,5-12H2,(H,22,24). The smallest absolute Gasteiger partial charge is 0.411 e. The first-order valence-electron chi connectivity index (χ1n) is 9.06. The number of cyclic esters (lactones) is 1. The predicted molar refractivity (Wildman–Crippen MR) is 87.9 cm³/mol. The average Bonchev–Trinajstić information content (AvgIpc) is 2.58. The summed E-state index contributed by atoms with van der Waals surface area (Å²) in [6.07, 6.45) is 3.62. The molecule has 1 N–H and O–H groups in total. The van der Waals surface area contributed by atoms with Crippen LogP contribution in [0.4, 0.5) is 18.0 Å². The van der Waals surface area contributed by atoms with Gasteiger partial charge in [-0.1, -0.05) is 18.6 Å². The maximum atomic E-state index is 13.1. The minimum absolute atomic E-state index is 0.0944. The maximum absolute atomic E-state index is 13.1. The Morgan fingerprint density at radius 1 is 1.20 bits per heavy atom. The highest BCUT2D eigenvalue weighted by atomic mass is 19.4. The summed E-state index contributed by atoms with van der Waals surface area (Å²) in [5.41, 5.74) is 1.93. The van der Waals surface area contributed by atoms with Crippen LogP contribution in [0.15, 0.2) is 23.4 Å². The number of alkyl halides is 3. The first kappa shape index (κ1) is 18.3. The van der Waals surface area contributed by atoms with E-state index in [0.717, 1.165) is 37.0 Å². The Balaban J connectivity index is 1.71. The summed E-state index contributed by atoms with van der Waals surface area (Å²) < 4.78 is 44.5. The molecule has 0 saturated heterocycles. The van der Waals surface area contributed by atoms with Crippen LogP contribution in [-0.2, 0) is 4.74 Å². The SMILES string of the molecule is O=C1NC2=C(C=CCC2)CCN(C2CCCC(C(F)(F)F)C2)CCO1. The minimum atomic E-state index is -4.12. The lowest BCUT2D eigenvalue weighted by Crippen LogP contribution is -2.44. The van der Waals surface area contributed by atoms with Crippen molar-refractivity contribution in [3.05, 3.63) is 23.4 Å². The van der Waals surface area contributed by atoms with Crippen molar-refractivity contribution in [3.63, 3.8) is 0 Å². The van der Waals surface area contributed by atoms with Gasteiger partial charge in [0.1, 0.15) is 6.61 Å². The van der Waals surface area contributed by atoms with Gasteiger partial charge in [-0.3, -0.25) is 10.2 Å². The molecule has 0 aromatic rings. The van der Waals surface area contributed by atoms with E-state index >= 15 is 0 Å². The normalized spacial score (nSPS) is 29.6. The number of allylic oxidation sites excluding steroid dienone is 3. The number of hydrogen-bond acceptors (Lipinski definition) is 3. The van der Waals surface area contributed by atoms with Gasteiger partial charge in [0, 0.05) is 24.8 Å². The van der Waals surface area contributed by atoms with Crippen molar-refractivity contribution >= 4 is 6.09 Å². The second-order valence-corrected chi connectivity index (χ2v) is 7.05. The molecule has 0 aromatic carbocycles. The molecule has 0 aromatic heterocycles. The van der Waals surface area contributed by atoms with Crippen LogP contribution in [0, 0.1) is 5.92 Å². The third-order valence-corrected chi connectivity index (χ3v) is 5.43. The van der Waals surface area contributed by atoms with Crippen molar-refractivity contribution in [2.75, 3.05) is 19.7 Å². The molecule has 3 rings (SSSR count). The Hall–Kier alpha value is -1.50. The van der Waals surface area contributed by atoms with E-state index in [-0.39, 0.29) is 25.5 Å². The Bertz CT molecular complexity index is 557. The molecule has 0 radical (unpaired) electrons. The zero-order valence-corrected chi connectivity index (χ0v) is 14.3. The second-order valence-electron chi connectivity index (χ2n) is 7.05. The molecule has 7 heteroatoms. The van der Waals surface area contributed by atoms with Crippen molar-refractivity contribution in [2.24, 2.45) is 5.92 Å². The Kier molecular flexibility index (Phi) is 5.71. The number of carbonyl (C=O) groups is 1. The molecule has 25 heavy (non-hydrogen) atoms. The van der Waals surface area contributed by atoms with Gasteiger partial charge in [-0.05, 0) is 44.1 Å². The summed E-state index contributed by atoms with van der Waals surface area (Å²) in [5, 5.41) is 2.81. The van der Waals surface area contributed by atoms with E-state index in [2.05, 4.69) is 16.3 Å². The quantitative estimate of drug-likeness (QED) is 0.766. The molecular weight excluding hydrogens is 333 g/mol. The molecule has 1 amide bonds. The number of nitrogens with one attached hydrogen (secondary N) is 1. The van der Waals surface area contributed by atoms with Crippen molar-refractivity contribution in [1.29, 1.82) is 0 Å². The fourth-order valence-electron chi connectivity index (χ4n) is 4.04. The fraction of sp³-hybridized carbons (Fsp3) is 0.722. The first-order valence-corrected chi connectivity index (χ1v) is 9.06. The van der Waals surface area contributed by atoms with Gasteiger partial charge >= 0.3 is 12.3 Å². The highest BCUT2D eigenvalue weighted by Gasteiger charge is 2.43. The van der Waals surface area contributed by atoms with E-state index < -0.39 is 18.2 Å². The predicted octanol–water partition coefficient (Wildman–Crippen LogP) is 4.14. The molecule has 4 nitrogen and oxygen atoms in total. The van der Waals surface area contributed by atoms with Crippen molar-refractivity contribution < 1.29 is 22.7 Å². The summed E-state index contributed by atoms with van der Waals surface area (Å²) >= 11 is 0. The largest absolute Gasteiger partial charge is 0.448 e. The van der Waals surface area contributed by atoms with E-state index in [1.807, 2.05) is 6.08 Å². The molecule has 2 atom stereocenters. The van der Waals surface area contributed by atoms with E-state index in [1.54, 1.807) is 0 Å². The molecule has 1 fully saturated rings. The van der Waals surface area contributed by atoms with E-state index in [0.29, 0.717) is 19.5 Å². The van der Waals surface area contributed by atoms with Gasteiger partial charge in [-0.15, -0.1) is 0 Å². The number of nitrogens with zero attached hydrogens (tertiary/aromatic N) is 1. The van der Waals surface area contributed by atoms with Gasteiger partial charge in [-0.2, -0.15) is 13.2 Å². The summed E-state index contributed by atoms with van der Waals surface area (Å²) in [4.78, 5) is 14.0. The third kappa shape index (κ3) is 4.77. The Morgan fingerprint density at radius 3 is 2.84 bits per heavy atom.